The fraction of sp³-hybridized carbons (Fsp3) is 0.219. The average molecular weight is 538 g/mol. The Morgan fingerprint density at radius 2 is 1.87 bits per heavy atom. The summed E-state index contributed by atoms with van der Waals surface area (Å²) in [5, 5.41) is 5.77. The molecule has 7 heteroatoms. The number of ketones is 1. The molecule has 2 aliphatic rings. The quantitative estimate of drug-likeness (QED) is 0.302. The van der Waals surface area contributed by atoms with Gasteiger partial charge in [0.05, 0.1) is 23.1 Å². The predicted molar refractivity (Wildman–Crippen MR) is 150 cm³/mol. The topological polar surface area (TPSA) is 85.6 Å². The number of nitrogens with one attached hydrogen (secondary N) is 1. The molecule has 0 fully saturated rings. The minimum atomic E-state index is -0.887. The number of hydrogen-bond donors (Lipinski definition) is 1. The Hall–Kier alpha value is -4.23. The fourth-order valence-corrected chi connectivity index (χ4v) is 6.44. The summed E-state index contributed by atoms with van der Waals surface area (Å²) in [6, 6.07) is 18.8. The largest absolute Gasteiger partial charge is 0.464 e. The van der Waals surface area contributed by atoms with Crippen molar-refractivity contribution in [3.63, 3.8) is 0 Å². The number of esters is 1. The Morgan fingerprint density at radius 3 is 2.64 bits per heavy atom. The van der Waals surface area contributed by atoms with E-state index in [0.717, 1.165) is 21.7 Å². The molecule has 0 radical (unpaired) electrons. The van der Waals surface area contributed by atoms with Gasteiger partial charge in [-0.05, 0) is 49.4 Å². The molecule has 4 aromatic rings. The molecule has 0 saturated carbocycles. The van der Waals surface area contributed by atoms with E-state index < -0.39 is 11.9 Å². The summed E-state index contributed by atoms with van der Waals surface area (Å²) in [5.74, 6) is -1.50. The number of carbonyl (C=O) groups is 2. The second-order valence-corrected chi connectivity index (χ2v) is 11.1. The van der Waals surface area contributed by atoms with Crippen molar-refractivity contribution in [2.45, 2.75) is 45.1 Å². The van der Waals surface area contributed by atoms with Gasteiger partial charge in [0, 0.05) is 39.7 Å². The first-order valence-corrected chi connectivity index (χ1v) is 13.8. The highest BCUT2D eigenvalue weighted by atomic mass is 32.1. The van der Waals surface area contributed by atoms with Crippen molar-refractivity contribution in [1.82, 2.24) is 5.32 Å². The number of rotatable bonds is 5. The van der Waals surface area contributed by atoms with E-state index in [1.54, 1.807) is 30.4 Å². The molecule has 196 valence electrons. The summed E-state index contributed by atoms with van der Waals surface area (Å²) < 4.78 is 11.6. The van der Waals surface area contributed by atoms with Crippen LogP contribution in [-0.2, 0) is 20.9 Å². The molecule has 0 bridgehead atoms. The lowest BCUT2D eigenvalue weighted by molar-refractivity contribution is -0.140. The van der Waals surface area contributed by atoms with Gasteiger partial charge < -0.3 is 14.5 Å². The Bertz CT molecular complexity index is 1710. The summed E-state index contributed by atoms with van der Waals surface area (Å²) in [6.07, 6.45) is 2.32. The highest BCUT2D eigenvalue weighted by Gasteiger charge is 2.43. The predicted octanol–water partition coefficient (Wildman–Crippen LogP) is 6.27. The minimum absolute atomic E-state index is 0.0412. The molecule has 0 unspecified atom stereocenters. The zero-order valence-electron chi connectivity index (χ0n) is 21.7. The van der Waals surface area contributed by atoms with E-state index in [0.29, 0.717) is 35.1 Å². The van der Waals surface area contributed by atoms with Crippen LogP contribution in [-0.4, -0.2) is 11.8 Å². The van der Waals surface area contributed by atoms with Crippen LogP contribution < -0.4 is 10.7 Å². The maximum Gasteiger partial charge on any atom is 0.337 e. The third-order valence-electron chi connectivity index (χ3n) is 7.47. The van der Waals surface area contributed by atoms with Gasteiger partial charge in [-0.2, -0.15) is 0 Å². The molecule has 0 saturated heterocycles. The molecule has 6 rings (SSSR count). The smallest absolute Gasteiger partial charge is 0.337 e. The molecule has 1 aliphatic heterocycles. The Kier molecular flexibility index (Phi) is 6.53. The number of allylic oxidation sites excluding steroid dienone is 3. The maximum absolute atomic E-state index is 13.9. The van der Waals surface area contributed by atoms with E-state index in [2.05, 4.69) is 5.32 Å². The monoisotopic (exact) mass is 537 g/mol. The molecule has 0 amide bonds. The van der Waals surface area contributed by atoms with Crippen LogP contribution >= 0.6 is 11.3 Å². The standard InChI is InChI=1S/C32H27NO5S/c1-18-10-11-26-22(13-18)31(35)23(17-37-26)29-28(32(36)38-16-20-7-4-3-5-8-20)19(2)33-24-14-21(15-25(34)30(24)29)27-9-6-12-39-27/h3-13,17,21,29,33H,14-16H2,1-2H3/t21-,29+/m1/s1. The zero-order chi connectivity index (χ0) is 27.1. The van der Waals surface area contributed by atoms with Crippen LogP contribution in [0.15, 0.2) is 104 Å². The number of aryl methyl sites for hydroxylation is 1. The van der Waals surface area contributed by atoms with E-state index in [9.17, 15) is 14.4 Å². The van der Waals surface area contributed by atoms with E-state index >= 15 is 0 Å². The van der Waals surface area contributed by atoms with Crippen LogP contribution in [0.3, 0.4) is 0 Å². The highest BCUT2D eigenvalue weighted by Crippen LogP contribution is 2.46. The van der Waals surface area contributed by atoms with Gasteiger partial charge in [0.15, 0.2) is 11.2 Å². The molecule has 1 N–H and O–H groups in total. The van der Waals surface area contributed by atoms with Crippen molar-refractivity contribution in [2.24, 2.45) is 0 Å². The van der Waals surface area contributed by atoms with E-state index in [1.165, 1.54) is 6.26 Å². The Balaban J connectivity index is 1.46. The zero-order valence-corrected chi connectivity index (χ0v) is 22.5. The van der Waals surface area contributed by atoms with Crippen LogP contribution in [0.25, 0.3) is 11.0 Å². The molecule has 3 heterocycles. The fourth-order valence-electron chi connectivity index (χ4n) is 5.61. The molecule has 2 atom stereocenters. The number of ether oxygens (including phenoxy) is 1. The summed E-state index contributed by atoms with van der Waals surface area (Å²) >= 11 is 1.63. The summed E-state index contributed by atoms with van der Waals surface area (Å²) in [7, 11) is 0. The van der Waals surface area contributed by atoms with Crippen LogP contribution in [0.5, 0.6) is 0 Å². The van der Waals surface area contributed by atoms with Gasteiger partial charge in [-0.25, -0.2) is 4.79 Å². The average Bonchev–Trinajstić information content (AvgIpc) is 3.47. The van der Waals surface area contributed by atoms with Gasteiger partial charge in [-0.1, -0.05) is 48.0 Å². The molecule has 39 heavy (non-hydrogen) atoms. The summed E-state index contributed by atoms with van der Waals surface area (Å²) in [5.41, 5.74) is 4.24. The highest BCUT2D eigenvalue weighted by molar-refractivity contribution is 7.10. The molecule has 2 aromatic heterocycles. The van der Waals surface area contributed by atoms with E-state index in [-0.39, 0.29) is 34.9 Å². The van der Waals surface area contributed by atoms with E-state index in [1.807, 2.05) is 60.8 Å². The van der Waals surface area contributed by atoms with Crippen molar-refractivity contribution < 1.29 is 18.7 Å². The Morgan fingerprint density at radius 1 is 1.05 bits per heavy atom. The third-order valence-corrected chi connectivity index (χ3v) is 8.51. The molecular weight excluding hydrogens is 510 g/mol. The lowest BCUT2D eigenvalue weighted by Gasteiger charge is -2.36. The number of fused-ring (bicyclic) bond motifs is 1. The van der Waals surface area contributed by atoms with Gasteiger partial charge >= 0.3 is 5.97 Å². The number of hydrogen-bond acceptors (Lipinski definition) is 7. The molecule has 0 spiro atoms. The normalized spacial score (nSPS) is 19.2. The molecule has 6 nitrogen and oxygen atoms in total. The molecule has 1 aliphatic carbocycles. The first kappa shape index (κ1) is 25.1. The second-order valence-electron chi connectivity index (χ2n) is 10.1. The van der Waals surface area contributed by atoms with Crippen LogP contribution in [0.2, 0.25) is 0 Å². The second kappa shape index (κ2) is 10.2. The number of thiophene rings is 1. The number of Topliss-reactive ketones (excluding diaryl/α,β-unsaturated/α-hetero) is 1. The third kappa shape index (κ3) is 4.63. The summed E-state index contributed by atoms with van der Waals surface area (Å²) in [6.45, 7) is 3.78. The van der Waals surface area contributed by atoms with Gasteiger partial charge in [0.2, 0.25) is 0 Å². The van der Waals surface area contributed by atoms with E-state index in [4.69, 9.17) is 9.15 Å². The first-order chi connectivity index (χ1) is 18.9. The minimum Gasteiger partial charge on any atom is -0.464 e. The lowest BCUT2D eigenvalue weighted by Crippen LogP contribution is -2.37. The number of dihydropyridines is 1. The lowest BCUT2D eigenvalue weighted by atomic mass is 9.73. The van der Waals surface area contributed by atoms with Crippen LogP contribution in [0.1, 0.15) is 53.2 Å². The van der Waals surface area contributed by atoms with Gasteiger partial charge in [-0.3, -0.25) is 9.59 Å². The number of benzene rings is 2. The molecular formula is C32H27NO5S. The van der Waals surface area contributed by atoms with Gasteiger partial charge in [0.1, 0.15) is 12.2 Å². The SMILES string of the molecule is CC1=C(C(=O)OCc2ccccc2)[C@H](c2coc3ccc(C)cc3c2=O)C2=C(C[C@@H](c3cccs3)CC2=O)N1. The van der Waals surface area contributed by atoms with Crippen molar-refractivity contribution in [1.29, 1.82) is 0 Å². The van der Waals surface area contributed by atoms with Crippen molar-refractivity contribution in [3.8, 4) is 0 Å². The number of carbonyl (C=O) groups excluding carboxylic acids is 2. The summed E-state index contributed by atoms with van der Waals surface area (Å²) in [4.78, 5) is 42.5. The molecule has 2 aromatic carbocycles. The van der Waals surface area contributed by atoms with Crippen LogP contribution in [0, 0.1) is 6.92 Å². The Labute approximate surface area is 229 Å². The van der Waals surface area contributed by atoms with Crippen molar-refractivity contribution in [2.75, 3.05) is 0 Å². The maximum atomic E-state index is 13.9. The van der Waals surface area contributed by atoms with Gasteiger partial charge in [0.25, 0.3) is 0 Å². The van der Waals surface area contributed by atoms with Gasteiger partial charge in [-0.15, -0.1) is 11.3 Å². The van der Waals surface area contributed by atoms with Crippen molar-refractivity contribution >= 4 is 34.1 Å². The van der Waals surface area contributed by atoms with Crippen molar-refractivity contribution in [3.05, 3.63) is 127 Å². The van der Waals surface area contributed by atoms with Crippen LogP contribution in [0.4, 0.5) is 0 Å². The first-order valence-electron chi connectivity index (χ1n) is 12.9.